The Morgan fingerprint density at radius 3 is 2.42 bits per heavy atom. The van der Waals surface area contributed by atoms with Crippen LogP contribution in [0.4, 0.5) is 0 Å². The van der Waals surface area contributed by atoms with Crippen molar-refractivity contribution in [2.75, 3.05) is 33.9 Å². The molecule has 1 fully saturated rings. The average Bonchev–Trinajstić information content (AvgIpc) is 3.32. The van der Waals surface area contributed by atoms with Crippen LogP contribution in [0.15, 0.2) is 72.8 Å². The van der Waals surface area contributed by atoms with Crippen LogP contribution in [0.3, 0.4) is 0 Å². The third-order valence-electron chi connectivity index (χ3n) is 6.09. The van der Waals surface area contributed by atoms with Gasteiger partial charge in [-0.05, 0) is 59.8 Å². The summed E-state index contributed by atoms with van der Waals surface area (Å²) in [5.74, 6) is 0.108. The molecule has 1 atom stereocenters. The van der Waals surface area contributed by atoms with Crippen molar-refractivity contribution in [1.29, 1.82) is 0 Å². The van der Waals surface area contributed by atoms with E-state index in [0.29, 0.717) is 6.04 Å². The fourth-order valence-corrected chi connectivity index (χ4v) is 4.22. The van der Waals surface area contributed by atoms with E-state index >= 15 is 0 Å². The minimum absolute atomic E-state index is 0.108. The van der Waals surface area contributed by atoms with Crippen molar-refractivity contribution in [1.82, 2.24) is 10.2 Å². The lowest BCUT2D eigenvalue weighted by atomic mass is 9.92. The van der Waals surface area contributed by atoms with Crippen LogP contribution in [-0.4, -0.2) is 50.7 Å². The van der Waals surface area contributed by atoms with Crippen molar-refractivity contribution in [2.45, 2.75) is 18.9 Å². The maximum atomic E-state index is 13.2. The van der Waals surface area contributed by atoms with Gasteiger partial charge in [-0.15, -0.1) is 0 Å². The van der Waals surface area contributed by atoms with Gasteiger partial charge in [-0.3, -0.25) is 4.79 Å². The smallest absolute Gasteiger partial charge is 0.253 e. The zero-order chi connectivity index (χ0) is 21.6. The van der Waals surface area contributed by atoms with E-state index in [4.69, 9.17) is 4.74 Å². The van der Waals surface area contributed by atoms with E-state index in [9.17, 15) is 4.79 Å². The first-order chi connectivity index (χ1) is 15.2. The van der Waals surface area contributed by atoms with Gasteiger partial charge in [-0.1, -0.05) is 60.7 Å². The van der Waals surface area contributed by atoms with Crippen LogP contribution in [0, 0.1) is 0 Å². The van der Waals surface area contributed by atoms with Gasteiger partial charge in [-0.2, -0.15) is 0 Å². The molecule has 160 valence electrons. The first kappa shape index (κ1) is 21.3. The minimum Gasteiger partial charge on any atom is -0.384 e. The maximum absolute atomic E-state index is 13.2. The minimum atomic E-state index is 0.108. The lowest BCUT2D eigenvalue weighted by Crippen LogP contribution is -2.33. The topological polar surface area (TPSA) is 41.6 Å². The molecule has 1 N–H and O–H groups in total. The average molecular weight is 415 g/mol. The van der Waals surface area contributed by atoms with Crippen molar-refractivity contribution in [3.8, 4) is 22.3 Å². The Bertz CT molecular complexity index is 1020. The fraction of sp³-hybridized carbons (Fsp3) is 0.296. The van der Waals surface area contributed by atoms with Gasteiger partial charge in [0.15, 0.2) is 0 Å². The number of benzene rings is 3. The van der Waals surface area contributed by atoms with Gasteiger partial charge in [0, 0.05) is 31.8 Å². The highest BCUT2D eigenvalue weighted by molar-refractivity contribution is 5.98. The summed E-state index contributed by atoms with van der Waals surface area (Å²) < 4.78 is 5.19. The van der Waals surface area contributed by atoms with Crippen LogP contribution in [0.1, 0.15) is 22.3 Å². The summed E-state index contributed by atoms with van der Waals surface area (Å²) in [6.07, 6.45) is 1.90. The number of carbonyl (C=O) groups is 1. The summed E-state index contributed by atoms with van der Waals surface area (Å²) >= 11 is 0. The molecule has 0 aliphatic carbocycles. The molecule has 31 heavy (non-hydrogen) atoms. The highest BCUT2D eigenvalue weighted by Crippen LogP contribution is 2.33. The molecule has 0 saturated carbocycles. The summed E-state index contributed by atoms with van der Waals surface area (Å²) in [7, 11) is 3.69. The monoisotopic (exact) mass is 414 g/mol. The van der Waals surface area contributed by atoms with E-state index in [-0.39, 0.29) is 5.91 Å². The number of hydrogen-bond acceptors (Lipinski definition) is 3. The number of methoxy groups -OCH3 is 1. The van der Waals surface area contributed by atoms with Crippen LogP contribution < -0.4 is 5.32 Å². The molecule has 0 aromatic heterocycles. The van der Waals surface area contributed by atoms with E-state index in [1.165, 1.54) is 5.56 Å². The van der Waals surface area contributed by atoms with Crippen LogP contribution in [0.5, 0.6) is 0 Å². The lowest BCUT2D eigenvalue weighted by molar-refractivity contribution is 0.0790. The van der Waals surface area contributed by atoms with Gasteiger partial charge < -0.3 is 15.0 Å². The normalized spacial score (nSPS) is 15.9. The van der Waals surface area contributed by atoms with E-state index < -0.39 is 0 Å². The van der Waals surface area contributed by atoms with Crippen molar-refractivity contribution in [3.63, 3.8) is 0 Å². The third-order valence-corrected chi connectivity index (χ3v) is 6.09. The first-order valence-electron chi connectivity index (χ1n) is 10.9. The molecule has 3 aromatic rings. The molecular formula is C27H30N2O2. The molecule has 4 nitrogen and oxygen atoms in total. The molecule has 1 amide bonds. The van der Waals surface area contributed by atoms with Gasteiger partial charge in [0.2, 0.25) is 0 Å². The Labute approximate surface area is 184 Å². The molecule has 1 aliphatic heterocycles. The quantitative estimate of drug-likeness (QED) is 0.612. The van der Waals surface area contributed by atoms with Crippen LogP contribution in [0.25, 0.3) is 22.3 Å². The molecule has 1 heterocycles. The molecule has 3 aromatic carbocycles. The number of rotatable bonds is 7. The molecule has 0 radical (unpaired) electrons. The van der Waals surface area contributed by atoms with E-state index in [1.54, 1.807) is 7.11 Å². The summed E-state index contributed by atoms with van der Waals surface area (Å²) in [6.45, 7) is 2.28. The van der Waals surface area contributed by atoms with Gasteiger partial charge in [0.05, 0.1) is 6.61 Å². The zero-order valence-corrected chi connectivity index (χ0v) is 18.3. The lowest BCUT2D eigenvalue weighted by Gasteiger charge is -2.18. The number of likely N-dealkylation sites (tertiary alicyclic amines) is 1. The van der Waals surface area contributed by atoms with Crippen LogP contribution >= 0.6 is 0 Å². The summed E-state index contributed by atoms with van der Waals surface area (Å²) in [5.41, 5.74) is 6.49. The number of nitrogens with zero attached hydrogens (tertiary/aromatic N) is 1. The van der Waals surface area contributed by atoms with Gasteiger partial charge in [-0.25, -0.2) is 0 Å². The summed E-state index contributed by atoms with van der Waals surface area (Å²) in [6, 6.07) is 25.4. The second-order valence-corrected chi connectivity index (χ2v) is 8.09. The Morgan fingerprint density at radius 2 is 1.74 bits per heavy atom. The van der Waals surface area contributed by atoms with Gasteiger partial charge >= 0.3 is 0 Å². The van der Waals surface area contributed by atoms with E-state index in [1.807, 2.05) is 36.2 Å². The Balaban J connectivity index is 1.68. The van der Waals surface area contributed by atoms with Crippen molar-refractivity contribution < 1.29 is 9.53 Å². The molecule has 1 saturated heterocycles. The Morgan fingerprint density at radius 1 is 1.00 bits per heavy atom. The van der Waals surface area contributed by atoms with Gasteiger partial charge in [0.25, 0.3) is 5.91 Å². The predicted molar refractivity (Wildman–Crippen MR) is 126 cm³/mol. The third kappa shape index (κ3) is 4.87. The second-order valence-electron chi connectivity index (χ2n) is 8.09. The van der Waals surface area contributed by atoms with E-state index in [0.717, 1.165) is 60.4 Å². The van der Waals surface area contributed by atoms with Crippen molar-refractivity contribution in [2.24, 2.45) is 0 Å². The predicted octanol–water partition coefficient (Wildman–Crippen LogP) is 4.64. The Hall–Kier alpha value is -2.95. The summed E-state index contributed by atoms with van der Waals surface area (Å²) in [5, 5.41) is 3.28. The maximum Gasteiger partial charge on any atom is 0.253 e. The standard InChI is InChI=1S/C27H30N2O2/c1-28-24-14-16-29(19-24)27(30)23-12-13-25(26(18-23)21-6-4-3-5-7-21)22-10-8-20(9-11-22)15-17-31-2/h3-13,18,24,28H,14-17,19H2,1-2H3/t24-/m0/s1. The SMILES string of the molecule is CN[C@H]1CCN(C(=O)c2ccc(-c3ccc(CCOC)cc3)c(-c3ccccc3)c2)C1. The van der Waals surface area contributed by atoms with Crippen LogP contribution in [-0.2, 0) is 11.2 Å². The number of ether oxygens (including phenoxy) is 1. The highest BCUT2D eigenvalue weighted by Gasteiger charge is 2.26. The number of hydrogen-bond donors (Lipinski definition) is 1. The molecule has 4 rings (SSSR count). The fourth-order valence-electron chi connectivity index (χ4n) is 4.22. The summed E-state index contributed by atoms with van der Waals surface area (Å²) in [4.78, 5) is 15.1. The zero-order valence-electron chi connectivity index (χ0n) is 18.3. The van der Waals surface area contributed by atoms with E-state index in [2.05, 4.69) is 53.8 Å². The van der Waals surface area contributed by atoms with Crippen molar-refractivity contribution in [3.05, 3.63) is 83.9 Å². The van der Waals surface area contributed by atoms with Gasteiger partial charge in [0.1, 0.15) is 0 Å². The number of carbonyl (C=O) groups excluding carboxylic acids is 1. The molecule has 0 bridgehead atoms. The highest BCUT2D eigenvalue weighted by atomic mass is 16.5. The molecule has 0 unspecified atom stereocenters. The Kier molecular flexibility index (Phi) is 6.80. The molecular weight excluding hydrogens is 384 g/mol. The molecule has 4 heteroatoms. The largest absolute Gasteiger partial charge is 0.384 e. The van der Waals surface area contributed by atoms with Crippen molar-refractivity contribution >= 4 is 5.91 Å². The van der Waals surface area contributed by atoms with Crippen LogP contribution in [0.2, 0.25) is 0 Å². The number of amides is 1. The second kappa shape index (κ2) is 9.90. The number of nitrogens with one attached hydrogen (secondary N) is 1. The number of likely N-dealkylation sites (N-methyl/N-ethyl adjacent to an activating group) is 1. The molecule has 0 spiro atoms. The first-order valence-corrected chi connectivity index (χ1v) is 10.9. The molecule has 1 aliphatic rings.